The zero-order chi connectivity index (χ0) is 19.4. The molecule has 6 nitrogen and oxygen atoms in total. The zero-order valence-electron chi connectivity index (χ0n) is 14.1. The minimum atomic E-state index is -4.41. The average Bonchev–Trinajstić information content (AvgIpc) is 3.09. The predicted octanol–water partition coefficient (Wildman–Crippen LogP) is 3.72. The van der Waals surface area contributed by atoms with E-state index in [1.807, 2.05) is 31.2 Å². The van der Waals surface area contributed by atoms with Gasteiger partial charge in [-0.15, -0.1) is 5.10 Å². The van der Waals surface area contributed by atoms with Crippen molar-refractivity contribution in [2.45, 2.75) is 18.3 Å². The number of halogens is 3. The van der Waals surface area contributed by atoms with Crippen molar-refractivity contribution in [1.82, 2.24) is 20.2 Å². The molecule has 27 heavy (non-hydrogen) atoms. The molecule has 0 radical (unpaired) electrons. The average molecular weight is 393 g/mol. The smallest absolute Gasteiger partial charge is 0.325 e. The first-order valence-corrected chi connectivity index (χ1v) is 8.77. The molecule has 3 rings (SSSR count). The number of nitrogens with zero attached hydrogens (tertiary/aromatic N) is 4. The molecule has 0 spiro atoms. The molecule has 1 aromatic heterocycles. The lowest BCUT2D eigenvalue weighted by molar-refractivity contribution is -0.137. The summed E-state index contributed by atoms with van der Waals surface area (Å²) in [4.78, 5) is 12.0. The molecular weight excluding hydrogens is 379 g/mol. The second kappa shape index (κ2) is 7.78. The third-order valence-corrected chi connectivity index (χ3v) is 4.47. The normalized spacial score (nSPS) is 11.4. The van der Waals surface area contributed by atoms with Gasteiger partial charge in [-0.25, -0.2) is 0 Å². The Labute approximate surface area is 156 Å². The van der Waals surface area contributed by atoms with Gasteiger partial charge in [-0.05, 0) is 53.7 Å². The van der Waals surface area contributed by atoms with Crippen LogP contribution in [0.1, 0.15) is 11.1 Å². The molecule has 0 unspecified atom stereocenters. The summed E-state index contributed by atoms with van der Waals surface area (Å²) in [7, 11) is 0. The zero-order valence-corrected chi connectivity index (χ0v) is 14.9. The summed E-state index contributed by atoms with van der Waals surface area (Å²) in [5, 5.41) is 14.4. The number of hydrogen-bond donors (Lipinski definition) is 1. The van der Waals surface area contributed by atoms with Gasteiger partial charge in [0, 0.05) is 5.69 Å². The fourth-order valence-corrected chi connectivity index (χ4v) is 2.88. The third kappa shape index (κ3) is 4.85. The van der Waals surface area contributed by atoms with E-state index in [0.717, 1.165) is 35.1 Å². The molecule has 0 atom stereocenters. The number of benzene rings is 2. The van der Waals surface area contributed by atoms with Crippen molar-refractivity contribution in [2.75, 3.05) is 11.1 Å². The number of amides is 1. The number of alkyl halides is 3. The van der Waals surface area contributed by atoms with Gasteiger partial charge in [0.2, 0.25) is 11.1 Å². The van der Waals surface area contributed by atoms with Crippen molar-refractivity contribution >= 4 is 23.4 Å². The summed E-state index contributed by atoms with van der Waals surface area (Å²) >= 11 is 1.12. The number of nitrogens with one attached hydrogen (secondary N) is 1. The van der Waals surface area contributed by atoms with E-state index in [0.29, 0.717) is 5.16 Å². The largest absolute Gasteiger partial charge is 0.416 e. The Hall–Kier alpha value is -2.88. The molecule has 1 heterocycles. The van der Waals surface area contributed by atoms with Crippen LogP contribution >= 0.6 is 11.8 Å². The van der Waals surface area contributed by atoms with E-state index in [2.05, 4.69) is 20.8 Å². The van der Waals surface area contributed by atoms with E-state index in [4.69, 9.17) is 0 Å². The number of tetrazole rings is 1. The maximum atomic E-state index is 12.5. The Kier molecular flexibility index (Phi) is 5.45. The maximum Gasteiger partial charge on any atom is 0.416 e. The molecule has 0 aliphatic rings. The van der Waals surface area contributed by atoms with Crippen LogP contribution in [-0.2, 0) is 11.0 Å². The van der Waals surface area contributed by atoms with Crippen LogP contribution in [0.2, 0.25) is 0 Å². The molecule has 10 heteroatoms. The third-order valence-electron chi connectivity index (χ3n) is 3.55. The first kappa shape index (κ1) is 18.9. The van der Waals surface area contributed by atoms with Crippen LogP contribution in [0.3, 0.4) is 0 Å². The summed E-state index contributed by atoms with van der Waals surface area (Å²) in [5.41, 5.74) is 1.37. The lowest BCUT2D eigenvalue weighted by atomic mass is 10.2. The van der Waals surface area contributed by atoms with Gasteiger partial charge in [-0.3, -0.25) is 4.79 Å². The highest BCUT2D eigenvalue weighted by molar-refractivity contribution is 7.99. The molecule has 0 aliphatic carbocycles. The van der Waals surface area contributed by atoms with Gasteiger partial charge in [0.1, 0.15) is 0 Å². The number of thioether (sulfide) groups is 1. The summed E-state index contributed by atoms with van der Waals surface area (Å²) in [6.45, 7) is 1.96. The van der Waals surface area contributed by atoms with Crippen LogP contribution in [0, 0.1) is 6.92 Å². The highest BCUT2D eigenvalue weighted by Gasteiger charge is 2.30. The van der Waals surface area contributed by atoms with Crippen molar-refractivity contribution in [3.05, 3.63) is 59.7 Å². The van der Waals surface area contributed by atoms with E-state index in [1.54, 1.807) is 0 Å². The summed E-state index contributed by atoms with van der Waals surface area (Å²) in [6.07, 6.45) is -4.41. The number of rotatable bonds is 5. The van der Waals surface area contributed by atoms with Gasteiger partial charge in [0.05, 0.1) is 17.0 Å². The maximum absolute atomic E-state index is 12.5. The molecule has 140 valence electrons. The summed E-state index contributed by atoms with van der Waals surface area (Å²) in [5.74, 6) is -0.369. The van der Waals surface area contributed by atoms with Crippen LogP contribution < -0.4 is 5.32 Å². The van der Waals surface area contributed by atoms with E-state index < -0.39 is 11.7 Å². The van der Waals surface area contributed by atoms with Crippen molar-refractivity contribution in [3.63, 3.8) is 0 Å². The molecule has 2 aromatic carbocycles. The van der Waals surface area contributed by atoms with Gasteiger partial charge in [-0.1, -0.05) is 29.5 Å². The molecule has 0 aliphatic heterocycles. The Morgan fingerprint density at radius 2 is 1.78 bits per heavy atom. The van der Waals surface area contributed by atoms with Crippen LogP contribution in [0.25, 0.3) is 5.69 Å². The highest BCUT2D eigenvalue weighted by atomic mass is 32.2. The van der Waals surface area contributed by atoms with E-state index >= 15 is 0 Å². The fraction of sp³-hybridized carbons (Fsp3) is 0.176. The van der Waals surface area contributed by atoms with Crippen molar-refractivity contribution in [2.24, 2.45) is 0 Å². The lowest BCUT2D eigenvalue weighted by Gasteiger charge is -2.09. The van der Waals surface area contributed by atoms with Gasteiger partial charge in [-0.2, -0.15) is 17.9 Å². The molecule has 0 saturated carbocycles. The minimum Gasteiger partial charge on any atom is -0.325 e. The molecule has 3 aromatic rings. The lowest BCUT2D eigenvalue weighted by Crippen LogP contribution is -2.15. The van der Waals surface area contributed by atoms with Gasteiger partial charge in [0.25, 0.3) is 0 Å². The monoisotopic (exact) mass is 393 g/mol. The van der Waals surface area contributed by atoms with Crippen molar-refractivity contribution in [3.8, 4) is 5.69 Å². The molecule has 1 N–H and O–H groups in total. The Morgan fingerprint density at radius 1 is 1.11 bits per heavy atom. The van der Waals surface area contributed by atoms with Crippen molar-refractivity contribution in [1.29, 1.82) is 0 Å². The second-order valence-electron chi connectivity index (χ2n) is 5.62. The SMILES string of the molecule is Cc1ccc(-n2nnnc2SCC(=O)Nc2ccc(C(F)(F)F)cc2)cc1. The topological polar surface area (TPSA) is 72.7 Å². The number of anilines is 1. The van der Waals surface area contributed by atoms with E-state index in [9.17, 15) is 18.0 Å². The molecule has 0 saturated heterocycles. The first-order valence-electron chi connectivity index (χ1n) is 7.78. The number of carbonyl (C=O) groups is 1. The Bertz CT molecular complexity index is 923. The van der Waals surface area contributed by atoms with Gasteiger partial charge >= 0.3 is 6.18 Å². The van der Waals surface area contributed by atoms with E-state index in [1.165, 1.54) is 16.8 Å². The predicted molar refractivity (Wildman–Crippen MR) is 94.7 cm³/mol. The quantitative estimate of drug-likeness (QED) is 0.669. The minimum absolute atomic E-state index is 0.00720. The summed E-state index contributed by atoms with van der Waals surface area (Å²) in [6, 6.07) is 11.8. The number of hydrogen-bond acceptors (Lipinski definition) is 5. The Morgan fingerprint density at radius 3 is 2.41 bits per heavy atom. The first-order chi connectivity index (χ1) is 12.8. The Balaban J connectivity index is 1.60. The highest BCUT2D eigenvalue weighted by Crippen LogP contribution is 2.29. The molecule has 1 amide bonds. The van der Waals surface area contributed by atoms with Gasteiger partial charge < -0.3 is 5.32 Å². The van der Waals surface area contributed by atoms with Gasteiger partial charge in [0.15, 0.2) is 0 Å². The summed E-state index contributed by atoms with van der Waals surface area (Å²) < 4.78 is 39.2. The van der Waals surface area contributed by atoms with E-state index in [-0.39, 0.29) is 17.3 Å². The molecule has 0 fully saturated rings. The molecule has 0 bridgehead atoms. The van der Waals surface area contributed by atoms with Crippen molar-refractivity contribution < 1.29 is 18.0 Å². The van der Waals surface area contributed by atoms with Crippen LogP contribution in [0.4, 0.5) is 18.9 Å². The number of carbonyl (C=O) groups excluding carboxylic acids is 1. The van der Waals surface area contributed by atoms with Crippen LogP contribution in [-0.4, -0.2) is 31.9 Å². The fourth-order valence-electron chi connectivity index (χ4n) is 2.19. The van der Waals surface area contributed by atoms with Crippen LogP contribution in [0.5, 0.6) is 0 Å². The standard InChI is InChI=1S/C17H14F3N5OS/c1-11-2-8-14(9-3-11)25-16(22-23-24-25)27-10-15(26)21-13-6-4-12(5-7-13)17(18,19)20/h2-9H,10H2,1H3,(H,21,26). The second-order valence-corrected chi connectivity index (χ2v) is 6.56. The van der Waals surface area contributed by atoms with Crippen LogP contribution in [0.15, 0.2) is 53.7 Å². The number of aromatic nitrogens is 4. The molecular formula is C17H14F3N5OS. The number of aryl methyl sites for hydroxylation is 1.